The third kappa shape index (κ3) is 6.09. The third-order valence-electron chi connectivity index (χ3n) is 5.95. The fourth-order valence-corrected chi connectivity index (χ4v) is 4.03. The molecule has 0 unspecified atom stereocenters. The maximum Gasteiger partial charge on any atom is 0.407 e. The highest BCUT2D eigenvalue weighted by Crippen LogP contribution is 2.14. The van der Waals surface area contributed by atoms with Gasteiger partial charge in [-0.1, -0.05) is 36.4 Å². The first-order valence-electron chi connectivity index (χ1n) is 11.4. The van der Waals surface area contributed by atoms with E-state index in [4.69, 9.17) is 4.74 Å². The number of nitrogens with zero attached hydrogens (tertiary/aromatic N) is 2. The third-order valence-corrected chi connectivity index (χ3v) is 5.95. The van der Waals surface area contributed by atoms with Crippen molar-refractivity contribution >= 4 is 18.1 Å². The molecule has 10 heteroatoms. The van der Waals surface area contributed by atoms with Gasteiger partial charge < -0.3 is 25.4 Å². The molecular formula is C26H26N4O6. The number of carbonyl (C=O) groups is 3. The zero-order valence-corrected chi connectivity index (χ0v) is 19.4. The lowest BCUT2D eigenvalue weighted by Gasteiger charge is -2.37. The highest BCUT2D eigenvalue weighted by molar-refractivity contribution is 5.94. The standard InChI is InChI=1S/C26H26N4O6/c31-23-8-4-5-14-30(23)20-11-9-19(10-12-20)24(32)27-22-16-29(26(34)35)15-13-21(22)28-25(33)36-17-18-6-2-1-3-7-18/h1-12,14,21-22H,13,15-17H2,(H,27,32)(H,28,33)(H,34,35)/t21-,22+/m0/s1. The molecule has 4 rings (SSSR count). The van der Waals surface area contributed by atoms with Crippen LogP contribution in [0.1, 0.15) is 22.3 Å². The van der Waals surface area contributed by atoms with Gasteiger partial charge in [0.1, 0.15) is 6.61 Å². The largest absolute Gasteiger partial charge is 0.465 e. The molecular weight excluding hydrogens is 464 g/mol. The topological polar surface area (TPSA) is 130 Å². The fraction of sp³-hybridized carbons (Fsp3) is 0.231. The molecule has 2 aromatic carbocycles. The Balaban J connectivity index is 1.42. The minimum absolute atomic E-state index is 0.0161. The average molecular weight is 491 g/mol. The van der Waals surface area contributed by atoms with Crippen LogP contribution in [0.25, 0.3) is 5.69 Å². The van der Waals surface area contributed by atoms with Crippen molar-refractivity contribution in [3.05, 3.63) is 100 Å². The van der Waals surface area contributed by atoms with Gasteiger partial charge >= 0.3 is 12.2 Å². The molecule has 2 heterocycles. The van der Waals surface area contributed by atoms with E-state index in [0.717, 1.165) is 5.56 Å². The summed E-state index contributed by atoms with van der Waals surface area (Å²) < 4.78 is 6.74. The van der Waals surface area contributed by atoms with Crippen LogP contribution >= 0.6 is 0 Å². The van der Waals surface area contributed by atoms with Crippen LogP contribution < -0.4 is 16.2 Å². The number of carboxylic acid groups (broad SMARTS) is 1. The van der Waals surface area contributed by atoms with E-state index in [-0.39, 0.29) is 25.3 Å². The molecule has 0 aliphatic carbocycles. The number of alkyl carbamates (subject to hydrolysis) is 1. The fourth-order valence-electron chi connectivity index (χ4n) is 4.03. The number of ether oxygens (including phenoxy) is 1. The van der Waals surface area contributed by atoms with Crippen LogP contribution in [0.4, 0.5) is 9.59 Å². The summed E-state index contributed by atoms with van der Waals surface area (Å²) >= 11 is 0. The molecule has 10 nitrogen and oxygen atoms in total. The summed E-state index contributed by atoms with van der Waals surface area (Å²) in [6.07, 6.45) is 0.196. The van der Waals surface area contributed by atoms with Crippen LogP contribution in [0.15, 0.2) is 83.8 Å². The minimum atomic E-state index is -1.10. The molecule has 3 amide bonds. The second-order valence-electron chi connectivity index (χ2n) is 8.37. The lowest BCUT2D eigenvalue weighted by molar-refractivity contribution is 0.0829. The van der Waals surface area contributed by atoms with E-state index in [9.17, 15) is 24.3 Å². The van der Waals surface area contributed by atoms with Crippen molar-refractivity contribution in [2.75, 3.05) is 13.1 Å². The molecule has 1 aliphatic heterocycles. The Morgan fingerprint density at radius 3 is 2.33 bits per heavy atom. The van der Waals surface area contributed by atoms with Gasteiger partial charge in [0.05, 0.1) is 12.1 Å². The molecule has 186 valence electrons. The zero-order chi connectivity index (χ0) is 25.5. The minimum Gasteiger partial charge on any atom is -0.465 e. The van der Waals surface area contributed by atoms with Crippen LogP contribution in [0.2, 0.25) is 0 Å². The number of piperidine rings is 1. The van der Waals surface area contributed by atoms with Gasteiger partial charge in [0.15, 0.2) is 0 Å². The summed E-state index contributed by atoms with van der Waals surface area (Å²) in [7, 11) is 0. The number of benzene rings is 2. The van der Waals surface area contributed by atoms with E-state index < -0.39 is 30.2 Å². The van der Waals surface area contributed by atoms with Crippen molar-refractivity contribution in [1.29, 1.82) is 0 Å². The van der Waals surface area contributed by atoms with E-state index in [2.05, 4.69) is 10.6 Å². The Kier molecular flexibility index (Phi) is 7.64. The molecule has 1 aliphatic rings. The lowest BCUT2D eigenvalue weighted by Crippen LogP contribution is -2.61. The normalized spacial score (nSPS) is 17.2. The van der Waals surface area contributed by atoms with Crippen LogP contribution in [0.3, 0.4) is 0 Å². The highest BCUT2D eigenvalue weighted by Gasteiger charge is 2.34. The van der Waals surface area contributed by atoms with E-state index in [1.165, 1.54) is 15.5 Å². The van der Waals surface area contributed by atoms with Crippen molar-refractivity contribution in [1.82, 2.24) is 20.1 Å². The van der Waals surface area contributed by atoms with Gasteiger partial charge in [-0.05, 0) is 42.3 Å². The SMILES string of the molecule is O=C(N[C@H]1CCN(C(=O)O)C[C@H]1NC(=O)c1ccc(-n2ccccc2=O)cc1)OCc1ccccc1. The van der Waals surface area contributed by atoms with Crippen LogP contribution in [-0.2, 0) is 11.3 Å². The monoisotopic (exact) mass is 490 g/mol. The molecule has 0 radical (unpaired) electrons. The van der Waals surface area contributed by atoms with Crippen molar-refractivity contribution in [2.24, 2.45) is 0 Å². The van der Waals surface area contributed by atoms with E-state index >= 15 is 0 Å². The van der Waals surface area contributed by atoms with Gasteiger partial charge in [-0.3, -0.25) is 14.2 Å². The molecule has 3 N–H and O–H groups in total. The number of pyridine rings is 1. The molecule has 3 aromatic rings. The number of rotatable bonds is 6. The second-order valence-corrected chi connectivity index (χ2v) is 8.37. The van der Waals surface area contributed by atoms with Crippen LogP contribution in [0.5, 0.6) is 0 Å². The molecule has 1 aromatic heterocycles. The predicted octanol–water partition coefficient (Wildman–Crippen LogP) is 2.61. The Morgan fingerprint density at radius 2 is 1.64 bits per heavy atom. The van der Waals surface area contributed by atoms with Gasteiger partial charge in [0.25, 0.3) is 11.5 Å². The Bertz CT molecular complexity index is 1280. The number of hydrogen-bond donors (Lipinski definition) is 3. The maximum atomic E-state index is 13.0. The lowest BCUT2D eigenvalue weighted by atomic mass is 9.99. The summed E-state index contributed by atoms with van der Waals surface area (Å²) in [5.74, 6) is -0.427. The number of likely N-dealkylation sites (tertiary alicyclic amines) is 1. The first-order chi connectivity index (χ1) is 17.4. The quantitative estimate of drug-likeness (QED) is 0.487. The van der Waals surface area contributed by atoms with Gasteiger partial charge in [0, 0.05) is 36.6 Å². The number of aromatic nitrogens is 1. The first-order valence-corrected chi connectivity index (χ1v) is 11.4. The molecule has 2 atom stereocenters. The predicted molar refractivity (Wildman–Crippen MR) is 131 cm³/mol. The van der Waals surface area contributed by atoms with Crippen molar-refractivity contribution in [3.63, 3.8) is 0 Å². The number of hydrogen-bond acceptors (Lipinski definition) is 5. The number of carbonyl (C=O) groups excluding carboxylic acids is 2. The molecule has 0 bridgehead atoms. The van der Waals surface area contributed by atoms with Crippen LogP contribution in [0, 0.1) is 0 Å². The smallest absolute Gasteiger partial charge is 0.407 e. The molecule has 1 saturated heterocycles. The van der Waals surface area contributed by atoms with E-state index in [1.54, 1.807) is 42.6 Å². The zero-order valence-electron chi connectivity index (χ0n) is 19.4. The van der Waals surface area contributed by atoms with Gasteiger partial charge in [-0.25, -0.2) is 9.59 Å². The highest BCUT2D eigenvalue weighted by atomic mass is 16.5. The summed E-state index contributed by atoms with van der Waals surface area (Å²) in [5, 5.41) is 15.0. The van der Waals surface area contributed by atoms with Crippen molar-refractivity contribution in [3.8, 4) is 5.69 Å². The summed E-state index contributed by atoms with van der Waals surface area (Å²) in [6.45, 7) is 0.322. The summed E-state index contributed by atoms with van der Waals surface area (Å²) in [5.41, 5.74) is 1.58. The first kappa shape index (κ1) is 24.5. The second kappa shape index (κ2) is 11.2. The Labute approximate surface area is 207 Å². The summed E-state index contributed by atoms with van der Waals surface area (Å²) in [6, 6.07) is 19.3. The Morgan fingerprint density at radius 1 is 0.917 bits per heavy atom. The average Bonchev–Trinajstić information content (AvgIpc) is 2.89. The Hall–Kier alpha value is -4.60. The molecule has 36 heavy (non-hydrogen) atoms. The van der Waals surface area contributed by atoms with Crippen molar-refractivity contribution in [2.45, 2.75) is 25.1 Å². The number of nitrogens with one attached hydrogen (secondary N) is 2. The molecule has 0 spiro atoms. The van der Waals surface area contributed by atoms with Gasteiger partial charge in [-0.15, -0.1) is 0 Å². The van der Waals surface area contributed by atoms with Gasteiger partial charge in [-0.2, -0.15) is 0 Å². The van der Waals surface area contributed by atoms with E-state index in [0.29, 0.717) is 17.7 Å². The van der Waals surface area contributed by atoms with Gasteiger partial charge in [0.2, 0.25) is 0 Å². The summed E-state index contributed by atoms with van der Waals surface area (Å²) in [4.78, 5) is 50.1. The molecule has 0 saturated carbocycles. The maximum absolute atomic E-state index is 13.0. The number of amides is 3. The van der Waals surface area contributed by atoms with E-state index in [1.807, 2.05) is 30.3 Å². The van der Waals surface area contributed by atoms with Crippen molar-refractivity contribution < 1.29 is 24.2 Å². The molecule has 1 fully saturated rings. The van der Waals surface area contributed by atoms with Crippen LogP contribution in [-0.4, -0.2) is 57.8 Å².